The molecule has 2 N–H and O–H groups in total. The van der Waals surface area contributed by atoms with E-state index in [1.54, 1.807) is 32.2 Å². The Morgan fingerprint density at radius 3 is 2.72 bits per heavy atom. The highest BCUT2D eigenvalue weighted by molar-refractivity contribution is 7.91. The number of hydrogen-bond acceptors (Lipinski definition) is 4. The maximum atomic E-state index is 12.3. The van der Waals surface area contributed by atoms with Crippen LogP contribution in [-0.4, -0.2) is 32.8 Å². The van der Waals surface area contributed by atoms with Crippen molar-refractivity contribution in [3.63, 3.8) is 0 Å². The van der Waals surface area contributed by atoms with Crippen LogP contribution in [0.1, 0.15) is 29.8 Å². The first kappa shape index (κ1) is 19.7. The molecular formula is C23H26N2O3S. The van der Waals surface area contributed by atoms with Crippen molar-refractivity contribution in [1.82, 2.24) is 10.3 Å². The Morgan fingerprint density at radius 1 is 1.10 bits per heavy atom. The predicted octanol–water partition coefficient (Wildman–Crippen LogP) is 3.91. The second-order valence-electron chi connectivity index (χ2n) is 7.32. The molecule has 2 heterocycles. The Labute approximate surface area is 172 Å². The van der Waals surface area contributed by atoms with Crippen LogP contribution in [0, 0.1) is 0 Å². The molecule has 0 bridgehead atoms. The third-order valence-corrected chi connectivity index (χ3v) is 7.32. The Bertz CT molecular complexity index is 1120. The van der Waals surface area contributed by atoms with Crippen LogP contribution in [0.4, 0.5) is 0 Å². The molecule has 29 heavy (non-hydrogen) atoms. The highest BCUT2D eigenvalue weighted by Crippen LogP contribution is 2.33. The molecule has 1 unspecified atom stereocenters. The lowest BCUT2D eigenvalue weighted by Crippen LogP contribution is -2.31. The zero-order valence-corrected chi connectivity index (χ0v) is 17.6. The number of sulfone groups is 1. The number of nitrogens with one attached hydrogen (secondary N) is 2. The first-order valence-corrected chi connectivity index (χ1v) is 11.6. The van der Waals surface area contributed by atoms with Crippen LogP contribution in [0.25, 0.3) is 11.3 Å². The van der Waals surface area contributed by atoms with E-state index in [1.807, 2.05) is 6.07 Å². The third-order valence-electron chi connectivity index (χ3n) is 5.59. The summed E-state index contributed by atoms with van der Waals surface area (Å²) in [5.41, 5.74) is 5.46. The Kier molecular flexibility index (Phi) is 5.48. The highest BCUT2D eigenvalue weighted by atomic mass is 32.2. The number of benzene rings is 2. The van der Waals surface area contributed by atoms with Gasteiger partial charge in [0.15, 0.2) is 9.84 Å². The van der Waals surface area contributed by atoms with E-state index in [9.17, 15) is 8.42 Å². The number of fused-ring (bicyclic) bond motifs is 1. The zero-order chi connectivity index (χ0) is 20.4. The van der Waals surface area contributed by atoms with Gasteiger partial charge in [0.25, 0.3) is 0 Å². The van der Waals surface area contributed by atoms with Gasteiger partial charge in [-0.1, -0.05) is 31.2 Å². The molecule has 0 saturated heterocycles. The number of aromatic amines is 1. The van der Waals surface area contributed by atoms with Crippen molar-refractivity contribution in [2.45, 2.75) is 30.7 Å². The van der Waals surface area contributed by atoms with Gasteiger partial charge in [0.1, 0.15) is 5.75 Å². The minimum Gasteiger partial charge on any atom is -0.496 e. The number of aromatic nitrogens is 1. The third kappa shape index (κ3) is 3.95. The monoisotopic (exact) mass is 410 g/mol. The molecule has 1 aliphatic rings. The summed E-state index contributed by atoms with van der Waals surface area (Å²) < 4.78 is 30.1. The Morgan fingerprint density at radius 2 is 1.93 bits per heavy atom. The summed E-state index contributed by atoms with van der Waals surface area (Å²) in [6.07, 6.45) is 1.89. The van der Waals surface area contributed by atoms with Gasteiger partial charge in [-0.25, -0.2) is 8.42 Å². The van der Waals surface area contributed by atoms with Gasteiger partial charge in [-0.2, -0.15) is 0 Å². The summed E-state index contributed by atoms with van der Waals surface area (Å²) in [4.78, 5) is 3.78. The fourth-order valence-electron chi connectivity index (χ4n) is 3.97. The average molecular weight is 411 g/mol. The topological polar surface area (TPSA) is 71.2 Å². The first-order valence-electron chi connectivity index (χ1n) is 9.92. The predicted molar refractivity (Wildman–Crippen MR) is 115 cm³/mol. The molecule has 1 atom stereocenters. The van der Waals surface area contributed by atoms with Crippen LogP contribution in [0.3, 0.4) is 0 Å². The molecule has 0 spiro atoms. The minimum absolute atomic E-state index is 0.0709. The number of H-pyrrole nitrogens is 1. The van der Waals surface area contributed by atoms with E-state index >= 15 is 0 Å². The maximum absolute atomic E-state index is 12.3. The molecule has 0 saturated carbocycles. The summed E-state index contributed by atoms with van der Waals surface area (Å²) in [5.74, 6) is 0.719. The van der Waals surface area contributed by atoms with Gasteiger partial charge in [0.05, 0.1) is 17.8 Å². The van der Waals surface area contributed by atoms with Crippen LogP contribution >= 0.6 is 0 Å². The number of methoxy groups -OCH3 is 1. The largest absolute Gasteiger partial charge is 0.496 e. The van der Waals surface area contributed by atoms with E-state index in [4.69, 9.17) is 4.74 Å². The lowest BCUT2D eigenvalue weighted by molar-refractivity contribution is 0.416. The highest BCUT2D eigenvalue weighted by Gasteiger charge is 2.21. The molecule has 0 aliphatic carbocycles. The van der Waals surface area contributed by atoms with Crippen molar-refractivity contribution in [2.24, 2.45) is 0 Å². The van der Waals surface area contributed by atoms with Crippen molar-refractivity contribution in [3.05, 3.63) is 71.4 Å². The molecule has 152 valence electrons. The molecule has 3 aromatic rings. The van der Waals surface area contributed by atoms with E-state index in [1.165, 1.54) is 11.1 Å². The first-order chi connectivity index (χ1) is 14.0. The number of hydrogen-bond donors (Lipinski definition) is 2. The Hall–Kier alpha value is -2.57. The minimum atomic E-state index is -3.28. The van der Waals surface area contributed by atoms with E-state index < -0.39 is 9.84 Å². The van der Waals surface area contributed by atoms with Gasteiger partial charge < -0.3 is 15.0 Å². The summed E-state index contributed by atoms with van der Waals surface area (Å²) in [6, 6.07) is 17.9. The molecular weight excluding hydrogens is 384 g/mol. The van der Waals surface area contributed by atoms with Crippen molar-refractivity contribution in [3.8, 4) is 17.0 Å². The van der Waals surface area contributed by atoms with Gasteiger partial charge >= 0.3 is 0 Å². The van der Waals surface area contributed by atoms with Crippen molar-refractivity contribution in [1.29, 1.82) is 0 Å². The van der Waals surface area contributed by atoms with Crippen LogP contribution in [0.15, 0.2) is 59.5 Å². The summed E-state index contributed by atoms with van der Waals surface area (Å²) >= 11 is 0. The lowest BCUT2D eigenvalue weighted by Gasteiger charge is -2.26. The molecule has 4 rings (SSSR count). The van der Waals surface area contributed by atoms with E-state index in [-0.39, 0.29) is 11.8 Å². The van der Waals surface area contributed by atoms with Gasteiger partial charge in [-0.3, -0.25) is 0 Å². The zero-order valence-electron chi connectivity index (χ0n) is 16.7. The van der Waals surface area contributed by atoms with E-state index in [0.717, 1.165) is 36.3 Å². The van der Waals surface area contributed by atoms with Crippen LogP contribution in [0.2, 0.25) is 0 Å². The second-order valence-corrected chi connectivity index (χ2v) is 9.60. The summed E-state index contributed by atoms with van der Waals surface area (Å²) in [5, 5.41) is 3.61. The molecule has 5 nitrogen and oxygen atoms in total. The fraction of sp³-hybridized carbons (Fsp3) is 0.304. The standard InChI is InChI=1S/C23H26N2O3S/c1-3-29(26,27)18-9-11-23(28-2)20(15-18)21-10-8-17(25-21)14-22-19-7-5-4-6-16(19)12-13-24-22/h4-11,15,22,24-25H,3,12-14H2,1-2H3. The summed E-state index contributed by atoms with van der Waals surface area (Å²) in [6.45, 7) is 2.63. The van der Waals surface area contributed by atoms with Crippen molar-refractivity contribution in [2.75, 3.05) is 19.4 Å². The molecule has 0 fully saturated rings. The SMILES string of the molecule is CCS(=O)(=O)c1ccc(OC)c(-c2ccc(CC3NCCc4ccccc43)[nH]2)c1. The second kappa shape index (κ2) is 8.05. The van der Waals surface area contributed by atoms with Gasteiger partial charge in [-0.05, 0) is 54.4 Å². The number of ether oxygens (including phenoxy) is 1. The van der Waals surface area contributed by atoms with Crippen LogP contribution < -0.4 is 10.1 Å². The maximum Gasteiger partial charge on any atom is 0.178 e. The summed E-state index contributed by atoms with van der Waals surface area (Å²) in [7, 11) is -1.69. The normalized spacial score (nSPS) is 16.4. The Balaban J connectivity index is 1.64. The van der Waals surface area contributed by atoms with E-state index in [2.05, 4.69) is 40.6 Å². The van der Waals surface area contributed by atoms with Crippen molar-refractivity contribution >= 4 is 9.84 Å². The van der Waals surface area contributed by atoms with Crippen LogP contribution in [-0.2, 0) is 22.7 Å². The van der Waals surface area contributed by atoms with E-state index in [0.29, 0.717) is 10.6 Å². The molecule has 1 aromatic heterocycles. The van der Waals surface area contributed by atoms with Gasteiger partial charge in [0, 0.05) is 29.4 Å². The lowest BCUT2D eigenvalue weighted by atomic mass is 9.92. The molecule has 1 aliphatic heterocycles. The smallest absolute Gasteiger partial charge is 0.178 e. The number of rotatable bonds is 6. The van der Waals surface area contributed by atoms with Crippen LogP contribution in [0.5, 0.6) is 5.75 Å². The van der Waals surface area contributed by atoms with Crippen molar-refractivity contribution < 1.29 is 13.2 Å². The fourth-order valence-corrected chi connectivity index (χ4v) is 4.88. The molecule has 2 aromatic carbocycles. The average Bonchev–Trinajstić information content (AvgIpc) is 3.22. The van der Waals surface area contributed by atoms with Gasteiger partial charge in [-0.15, -0.1) is 0 Å². The van der Waals surface area contributed by atoms with Gasteiger partial charge in [0.2, 0.25) is 0 Å². The molecule has 0 amide bonds. The molecule has 0 radical (unpaired) electrons. The quantitative estimate of drug-likeness (QED) is 0.646. The molecule has 6 heteroatoms.